The Labute approximate surface area is 111 Å². The zero-order chi connectivity index (χ0) is 13.1. The summed E-state index contributed by atoms with van der Waals surface area (Å²) in [5.74, 6) is 1.15. The third-order valence-electron chi connectivity index (χ3n) is 3.33. The Morgan fingerprint density at radius 1 is 1.32 bits per heavy atom. The first-order valence-corrected chi connectivity index (χ1v) is 6.61. The van der Waals surface area contributed by atoms with Gasteiger partial charge in [0.2, 0.25) is 6.10 Å². The third-order valence-corrected chi connectivity index (χ3v) is 3.33. The minimum absolute atomic E-state index is 0.140. The lowest BCUT2D eigenvalue weighted by Crippen LogP contribution is -2.46. The zero-order valence-electron chi connectivity index (χ0n) is 10.6. The van der Waals surface area contributed by atoms with Crippen LogP contribution >= 0.6 is 0 Å². The molecule has 5 nitrogen and oxygen atoms in total. The number of para-hydroxylation sites is 2. The number of hydrogen-bond donors (Lipinski definition) is 1. The molecule has 2 heterocycles. The van der Waals surface area contributed by atoms with E-state index in [2.05, 4.69) is 5.32 Å². The molecule has 5 heteroatoms. The molecule has 0 unspecified atom stereocenters. The van der Waals surface area contributed by atoms with E-state index in [1.165, 1.54) is 0 Å². The highest BCUT2D eigenvalue weighted by atomic mass is 16.6. The van der Waals surface area contributed by atoms with Gasteiger partial charge in [0.25, 0.3) is 5.91 Å². The molecule has 1 amide bonds. The Bertz CT molecular complexity index is 457. The maximum Gasteiger partial charge on any atom is 0.264 e. The van der Waals surface area contributed by atoms with Crippen molar-refractivity contribution in [3.05, 3.63) is 24.3 Å². The Hall–Kier alpha value is -1.75. The summed E-state index contributed by atoms with van der Waals surface area (Å²) in [6.07, 6.45) is 1.62. The van der Waals surface area contributed by atoms with Crippen LogP contribution in [0, 0.1) is 0 Å². The van der Waals surface area contributed by atoms with Crippen molar-refractivity contribution in [2.75, 3.05) is 19.8 Å². The second-order valence-electron chi connectivity index (χ2n) is 4.74. The number of carbonyl (C=O) groups excluding carboxylic acids is 1. The number of rotatable bonds is 3. The van der Waals surface area contributed by atoms with Crippen LogP contribution < -0.4 is 14.8 Å². The van der Waals surface area contributed by atoms with Gasteiger partial charge in [-0.1, -0.05) is 12.1 Å². The van der Waals surface area contributed by atoms with Gasteiger partial charge >= 0.3 is 0 Å². The topological polar surface area (TPSA) is 56.8 Å². The first-order valence-electron chi connectivity index (χ1n) is 6.61. The highest BCUT2D eigenvalue weighted by Gasteiger charge is 2.28. The monoisotopic (exact) mass is 263 g/mol. The van der Waals surface area contributed by atoms with Crippen LogP contribution in [-0.2, 0) is 9.53 Å². The summed E-state index contributed by atoms with van der Waals surface area (Å²) in [7, 11) is 0. The first kappa shape index (κ1) is 12.3. The predicted octanol–water partition coefficient (Wildman–Crippen LogP) is 1.12. The van der Waals surface area contributed by atoms with Crippen molar-refractivity contribution in [1.82, 2.24) is 5.32 Å². The van der Waals surface area contributed by atoms with Gasteiger partial charge in [-0.05, 0) is 25.0 Å². The van der Waals surface area contributed by atoms with E-state index in [9.17, 15) is 4.79 Å². The molecule has 0 radical (unpaired) electrons. The average molecular weight is 263 g/mol. The molecule has 1 N–H and O–H groups in total. The van der Waals surface area contributed by atoms with Crippen LogP contribution in [0.25, 0.3) is 0 Å². The molecule has 2 aliphatic rings. The van der Waals surface area contributed by atoms with E-state index in [1.807, 2.05) is 18.2 Å². The van der Waals surface area contributed by atoms with Gasteiger partial charge in [0, 0.05) is 13.2 Å². The van der Waals surface area contributed by atoms with Gasteiger partial charge in [0.1, 0.15) is 6.61 Å². The second kappa shape index (κ2) is 5.48. The van der Waals surface area contributed by atoms with Crippen LogP contribution in [0.2, 0.25) is 0 Å². The number of ether oxygens (including phenoxy) is 3. The fourth-order valence-corrected chi connectivity index (χ4v) is 2.28. The average Bonchev–Trinajstić information content (AvgIpc) is 2.97. The molecule has 2 atom stereocenters. The van der Waals surface area contributed by atoms with Crippen molar-refractivity contribution in [3.8, 4) is 11.5 Å². The minimum atomic E-state index is -0.587. The van der Waals surface area contributed by atoms with Crippen LogP contribution in [0.5, 0.6) is 11.5 Å². The standard InChI is InChI=1S/C14H17NO4/c16-14(15-8-10-4-3-7-17-10)13-9-18-11-5-1-2-6-12(11)19-13/h1-2,5-6,10,13H,3-4,7-9H2,(H,15,16)/t10-,13-/m0/s1. The number of benzene rings is 1. The summed E-state index contributed by atoms with van der Waals surface area (Å²) in [4.78, 5) is 12.0. The predicted molar refractivity (Wildman–Crippen MR) is 68.3 cm³/mol. The summed E-state index contributed by atoms with van der Waals surface area (Å²) >= 11 is 0. The lowest BCUT2D eigenvalue weighted by Gasteiger charge is -2.25. The summed E-state index contributed by atoms with van der Waals surface area (Å²) in [6.45, 7) is 1.58. The van der Waals surface area contributed by atoms with Crippen LogP contribution in [0.3, 0.4) is 0 Å². The highest BCUT2D eigenvalue weighted by Crippen LogP contribution is 2.30. The Morgan fingerprint density at radius 2 is 2.16 bits per heavy atom. The molecule has 2 aliphatic heterocycles. The maximum absolute atomic E-state index is 12.0. The largest absolute Gasteiger partial charge is 0.485 e. The summed E-state index contributed by atoms with van der Waals surface area (Å²) in [6, 6.07) is 7.36. The molecule has 3 rings (SSSR count). The molecule has 0 spiro atoms. The Morgan fingerprint density at radius 3 is 2.95 bits per heavy atom. The number of carbonyl (C=O) groups is 1. The van der Waals surface area contributed by atoms with Gasteiger partial charge < -0.3 is 19.5 Å². The molecule has 19 heavy (non-hydrogen) atoms. The van der Waals surface area contributed by atoms with E-state index in [4.69, 9.17) is 14.2 Å². The highest BCUT2D eigenvalue weighted by molar-refractivity contribution is 5.81. The van der Waals surface area contributed by atoms with Gasteiger partial charge in [0.15, 0.2) is 11.5 Å². The molecular weight excluding hydrogens is 246 g/mol. The Balaban J connectivity index is 1.54. The van der Waals surface area contributed by atoms with E-state index in [0.29, 0.717) is 18.0 Å². The van der Waals surface area contributed by atoms with E-state index in [0.717, 1.165) is 19.4 Å². The van der Waals surface area contributed by atoms with E-state index >= 15 is 0 Å². The fraction of sp³-hybridized carbons (Fsp3) is 0.500. The Kier molecular flexibility index (Phi) is 3.55. The summed E-state index contributed by atoms with van der Waals surface area (Å²) in [5, 5.41) is 2.86. The normalized spacial score (nSPS) is 25.1. The summed E-state index contributed by atoms with van der Waals surface area (Å²) in [5.41, 5.74) is 0. The lowest BCUT2D eigenvalue weighted by atomic mass is 10.2. The number of fused-ring (bicyclic) bond motifs is 1. The third kappa shape index (κ3) is 2.81. The quantitative estimate of drug-likeness (QED) is 0.888. The molecule has 0 bridgehead atoms. The van der Waals surface area contributed by atoms with Gasteiger partial charge in [0.05, 0.1) is 6.10 Å². The number of amides is 1. The van der Waals surface area contributed by atoms with E-state index in [-0.39, 0.29) is 18.6 Å². The number of nitrogens with one attached hydrogen (secondary N) is 1. The van der Waals surface area contributed by atoms with Gasteiger partial charge in [-0.25, -0.2) is 0 Å². The molecule has 102 valence electrons. The van der Waals surface area contributed by atoms with E-state index < -0.39 is 6.10 Å². The molecule has 1 saturated heterocycles. The van der Waals surface area contributed by atoms with Gasteiger partial charge in [-0.15, -0.1) is 0 Å². The molecule has 1 fully saturated rings. The van der Waals surface area contributed by atoms with Crippen molar-refractivity contribution in [3.63, 3.8) is 0 Å². The van der Waals surface area contributed by atoms with Crippen LogP contribution in [-0.4, -0.2) is 37.9 Å². The minimum Gasteiger partial charge on any atom is -0.485 e. The lowest BCUT2D eigenvalue weighted by molar-refractivity contribution is -0.130. The SMILES string of the molecule is O=C(NC[C@@H]1CCCO1)[C@@H]1COc2ccccc2O1. The van der Waals surface area contributed by atoms with Gasteiger partial charge in [-0.3, -0.25) is 4.79 Å². The van der Waals surface area contributed by atoms with Crippen LogP contribution in [0.4, 0.5) is 0 Å². The van der Waals surface area contributed by atoms with Crippen molar-refractivity contribution >= 4 is 5.91 Å². The van der Waals surface area contributed by atoms with Crippen molar-refractivity contribution in [1.29, 1.82) is 0 Å². The van der Waals surface area contributed by atoms with Crippen molar-refractivity contribution < 1.29 is 19.0 Å². The van der Waals surface area contributed by atoms with Gasteiger partial charge in [-0.2, -0.15) is 0 Å². The van der Waals surface area contributed by atoms with Crippen molar-refractivity contribution in [2.24, 2.45) is 0 Å². The molecule has 0 aliphatic carbocycles. The number of hydrogen-bond acceptors (Lipinski definition) is 4. The second-order valence-corrected chi connectivity index (χ2v) is 4.74. The van der Waals surface area contributed by atoms with Crippen molar-refractivity contribution in [2.45, 2.75) is 25.0 Å². The van der Waals surface area contributed by atoms with E-state index in [1.54, 1.807) is 6.07 Å². The molecular formula is C14H17NO4. The maximum atomic E-state index is 12.0. The first-order chi connectivity index (χ1) is 9.33. The fourth-order valence-electron chi connectivity index (χ4n) is 2.28. The van der Waals surface area contributed by atoms with Crippen LogP contribution in [0.1, 0.15) is 12.8 Å². The summed E-state index contributed by atoms with van der Waals surface area (Å²) < 4.78 is 16.6. The smallest absolute Gasteiger partial charge is 0.264 e. The molecule has 0 saturated carbocycles. The molecule has 0 aromatic heterocycles. The molecule has 1 aromatic carbocycles. The van der Waals surface area contributed by atoms with Crippen LogP contribution in [0.15, 0.2) is 24.3 Å². The molecule has 1 aromatic rings. The zero-order valence-corrected chi connectivity index (χ0v) is 10.6.